The van der Waals surface area contributed by atoms with Gasteiger partial charge < -0.3 is 9.88 Å². The number of nitrogens with zero attached hydrogens (tertiary/aromatic N) is 2. The molecular weight excluding hydrogens is 246 g/mol. The number of nitrogens with one attached hydrogen (secondary N) is 1. The highest BCUT2D eigenvalue weighted by molar-refractivity contribution is 5.54. The fourth-order valence-corrected chi connectivity index (χ4v) is 2.26. The Balaban J connectivity index is 2.17. The summed E-state index contributed by atoms with van der Waals surface area (Å²) in [6, 6.07) is 8.60. The Labute approximate surface area is 122 Å². The van der Waals surface area contributed by atoms with Gasteiger partial charge in [0.15, 0.2) is 0 Å². The molecule has 0 saturated heterocycles. The molecule has 0 amide bonds. The molecule has 0 atom stereocenters. The first-order valence-corrected chi connectivity index (χ1v) is 7.36. The van der Waals surface area contributed by atoms with E-state index < -0.39 is 0 Å². The van der Waals surface area contributed by atoms with Crippen molar-refractivity contribution in [2.75, 3.05) is 5.32 Å². The zero-order valence-electron chi connectivity index (χ0n) is 13.1. The van der Waals surface area contributed by atoms with Gasteiger partial charge in [-0.2, -0.15) is 0 Å². The van der Waals surface area contributed by atoms with Crippen LogP contribution in [0.15, 0.2) is 30.5 Å². The minimum atomic E-state index is 0.564. The number of anilines is 2. The van der Waals surface area contributed by atoms with Crippen LogP contribution in [0.5, 0.6) is 0 Å². The maximum atomic E-state index is 4.57. The maximum Gasteiger partial charge on any atom is 0.207 e. The number of imidazole rings is 1. The summed E-state index contributed by atoms with van der Waals surface area (Å²) < 4.78 is 2.19. The summed E-state index contributed by atoms with van der Waals surface area (Å²) in [6.45, 7) is 11.9. The van der Waals surface area contributed by atoms with Gasteiger partial charge in [0.1, 0.15) is 0 Å². The SMILES string of the molecule is Cc1cn(CC(C)C)c(Nc2ccc(C(C)C)cc2)n1. The van der Waals surface area contributed by atoms with Gasteiger partial charge in [-0.25, -0.2) is 4.98 Å². The molecule has 2 aromatic rings. The van der Waals surface area contributed by atoms with Gasteiger partial charge in [-0.15, -0.1) is 0 Å². The third-order valence-electron chi connectivity index (χ3n) is 3.29. The summed E-state index contributed by atoms with van der Waals surface area (Å²) in [7, 11) is 0. The fraction of sp³-hybridized carbons (Fsp3) is 0.471. The molecule has 108 valence electrons. The molecule has 0 bridgehead atoms. The van der Waals surface area contributed by atoms with E-state index in [9.17, 15) is 0 Å². The lowest BCUT2D eigenvalue weighted by Crippen LogP contribution is -2.07. The summed E-state index contributed by atoms with van der Waals surface area (Å²) in [4.78, 5) is 4.57. The second kappa shape index (κ2) is 6.12. The molecule has 2 rings (SSSR count). The molecule has 20 heavy (non-hydrogen) atoms. The number of hydrogen-bond donors (Lipinski definition) is 1. The Hall–Kier alpha value is -1.77. The molecule has 1 N–H and O–H groups in total. The van der Waals surface area contributed by atoms with E-state index in [0.29, 0.717) is 11.8 Å². The molecule has 1 aromatic carbocycles. The maximum absolute atomic E-state index is 4.57. The van der Waals surface area contributed by atoms with Crippen LogP contribution < -0.4 is 5.32 Å². The lowest BCUT2D eigenvalue weighted by atomic mass is 10.0. The van der Waals surface area contributed by atoms with Crippen molar-refractivity contribution in [3.05, 3.63) is 41.7 Å². The molecule has 0 spiro atoms. The first kappa shape index (κ1) is 14.6. The van der Waals surface area contributed by atoms with Crippen LogP contribution >= 0.6 is 0 Å². The Kier molecular flexibility index (Phi) is 4.48. The second-order valence-electron chi connectivity index (χ2n) is 6.15. The summed E-state index contributed by atoms with van der Waals surface area (Å²) >= 11 is 0. The highest BCUT2D eigenvalue weighted by atomic mass is 15.2. The van der Waals surface area contributed by atoms with Crippen molar-refractivity contribution in [3.8, 4) is 0 Å². The zero-order chi connectivity index (χ0) is 14.7. The minimum Gasteiger partial charge on any atom is -0.326 e. The van der Waals surface area contributed by atoms with Gasteiger partial charge in [0.2, 0.25) is 5.95 Å². The van der Waals surface area contributed by atoms with Gasteiger partial charge in [-0.1, -0.05) is 39.8 Å². The molecule has 3 nitrogen and oxygen atoms in total. The van der Waals surface area contributed by atoms with E-state index >= 15 is 0 Å². The summed E-state index contributed by atoms with van der Waals surface area (Å²) in [5, 5.41) is 3.42. The molecule has 0 aliphatic rings. The number of aromatic nitrogens is 2. The van der Waals surface area contributed by atoms with Crippen molar-refractivity contribution in [2.24, 2.45) is 5.92 Å². The van der Waals surface area contributed by atoms with Crippen molar-refractivity contribution >= 4 is 11.6 Å². The van der Waals surface area contributed by atoms with E-state index in [4.69, 9.17) is 0 Å². The monoisotopic (exact) mass is 271 g/mol. The van der Waals surface area contributed by atoms with Crippen LogP contribution in [0.25, 0.3) is 0 Å². The van der Waals surface area contributed by atoms with Crippen LogP contribution in [0.3, 0.4) is 0 Å². The largest absolute Gasteiger partial charge is 0.326 e. The van der Waals surface area contributed by atoms with E-state index in [-0.39, 0.29) is 0 Å². The predicted molar refractivity (Wildman–Crippen MR) is 85.6 cm³/mol. The van der Waals surface area contributed by atoms with Gasteiger partial charge in [-0.3, -0.25) is 0 Å². The molecule has 0 fully saturated rings. The van der Waals surface area contributed by atoms with Gasteiger partial charge in [0.25, 0.3) is 0 Å². The average Bonchev–Trinajstić information content (AvgIpc) is 2.69. The number of hydrogen-bond acceptors (Lipinski definition) is 2. The Morgan fingerprint density at radius 1 is 1.10 bits per heavy atom. The summed E-state index contributed by atoms with van der Waals surface area (Å²) in [6.07, 6.45) is 2.10. The average molecular weight is 271 g/mol. The lowest BCUT2D eigenvalue weighted by molar-refractivity contribution is 0.527. The molecule has 0 radical (unpaired) electrons. The first-order chi connectivity index (χ1) is 9.45. The highest BCUT2D eigenvalue weighted by Crippen LogP contribution is 2.21. The van der Waals surface area contributed by atoms with Crippen molar-refractivity contribution in [2.45, 2.75) is 47.1 Å². The summed E-state index contributed by atoms with van der Waals surface area (Å²) in [5.74, 6) is 2.09. The normalized spacial score (nSPS) is 11.3. The standard InChI is InChI=1S/C17H25N3/c1-12(2)10-20-11-14(5)18-17(20)19-16-8-6-15(7-9-16)13(3)4/h6-9,11-13H,10H2,1-5H3,(H,18,19). The van der Waals surface area contributed by atoms with Gasteiger partial charge in [-0.05, 0) is 36.5 Å². The van der Waals surface area contributed by atoms with Crippen LogP contribution in [-0.4, -0.2) is 9.55 Å². The minimum absolute atomic E-state index is 0.564. The van der Waals surface area contributed by atoms with E-state index in [1.165, 1.54) is 5.56 Å². The van der Waals surface area contributed by atoms with Crippen molar-refractivity contribution in [1.82, 2.24) is 9.55 Å². The van der Waals surface area contributed by atoms with E-state index in [1.807, 2.05) is 6.92 Å². The van der Waals surface area contributed by atoms with E-state index in [0.717, 1.165) is 23.9 Å². The van der Waals surface area contributed by atoms with Crippen molar-refractivity contribution in [3.63, 3.8) is 0 Å². The Morgan fingerprint density at radius 2 is 1.75 bits per heavy atom. The van der Waals surface area contributed by atoms with Crippen molar-refractivity contribution in [1.29, 1.82) is 0 Å². The molecule has 0 unspecified atom stereocenters. The lowest BCUT2D eigenvalue weighted by Gasteiger charge is -2.12. The zero-order valence-corrected chi connectivity index (χ0v) is 13.1. The Morgan fingerprint density at radius 3 is 2.30 bits per heavy atom. The molecule has 1 aromatic heterocycles. The smallest absolute Gasteiger partial charge is 0.207 e. The Bertz CT molecular complexity index is 550. The van der Waals surface area contributed by atoms with Crippen LogP contribution in [0.4, 0.5) is 11.6 Å². The molecule has 3 heteroatoms. The van der Waals surface area contributed by atoms with Crippen LogP contribution in [0.1, 0.15) is 44.9 Å². The third kappa shape index (κ3) is 3.62. The van der Waals surface area contributed by atoms with Crippen LogP contribution in [0.2, 0.25) is 0 Å². The van der Waals surface area contributed by atoms with Crippen molar-refractivity contribution < 1.29 is 0 Å². The number of rotatable bonds is 5. The third-order valence-corrected chi connectivity index (χ3v) is 3.29. The molecular formula is C17H25N3. The molecule has 0 aliphatic carbocycles. The van der Waals surface area contributed by atoms with Crippen LogP contribution in [-0.2, 0) is 6.54 Å². The second-order valence-corrected chi connectivity index (χ2v) is 6.15. The number of benzene rings is 1. The van der Waals surface area contributed by atoms with Gasteiger partial charge in [0, 0.05) is 18.4 Å². The summed E-state index contributed by atoms with van der Waals surface area (Å²) in [5.41, 5.74) is 3.49. The quantitative estimate of drug-likeness (QED) is 0.853. The predicted octanol–water partition coefficient (Wildman–Crippen LogP) is 4.71. The first-order valence-electron chi connectivity index (χ1n) is 7.36. The van der Waals surface area contributed by atoms with E-state index in [2.05, 4.69) is 73.0 Å². The fourth-order valence-electron chi connectivity index (χ4n) is 2.26. The number of aryl methyl sites for hydroxylation is 1. The van der Waals surface area contributed by atoms with Gasteiger partial charge in [0.05, 0.1) is 5.69 Å². The molecule has 1 heterocycles. The molecule has 0 aliphatic heterocycles. The van der Waals surface area contributed by atoms with Gasteiger partial charge >= 0.3 is 0 Å². The van der Waals surface area contributed by atoms with Crippen LogP contribution in [0, 0.1) is 12.8 Å². The highest BCUT2D eigenvalue weighted by Gasteiger charge is 2.07. The topological polar surface area (TPSA) is 29.9 Å². The van der Waals surface area contributed by atoms with E-state index in [1.54, 1.807) is 0 Å². The molecule has 0 saturated carbocycles.